The monoisotopic (exact) mass is 458 g/mol. The van der Waals surface area contributed by atoms with Crippen LogP contribution in [0.25, 0.3) is 11.0 Å². The molecule has 0 amide bonds. The number of aromatic nitrogens is 4. The Hall–Kier alpha value is -3.61. The molecule has 1 aliphatic carbocycles. The Morgan fingerprint density at radius 3 is 2.76 bits per heavy atom. The van der Waals surface area contributed by atoms with Crippen LogP contribution in [0.3, 0.4) is 0 Å². The first-order chi connectivity index (χ1) is 16.5. The lowest BCUT2D eigenvalue weighted by Crippen LogP contribution is -2.27. The minimum absolute atomic E-state index is 0.0960. The fourth-order valence-corrected chi connectivity index (χ4v) is 5.09. The van der Waals surface area contributed by atoms with Crippen LogP contribution in [0.2, 0.25) is 0 Å². The highest BCUT2D eigenvalue weighted by atomic mass is 16.5. The Kier molecular flexibility index (Phi) is 6.09. The molecule has 0 bridgehead atoms. The second kappa shape index (κ2) is 9.33. The largest absolute Gasteiger partial charge is 0.487 e. The van der Waals surface area contributed by atoms with Gasteiger partial charge in [0.05, 0.1) is 22.6 Å². The fourth-order valence-electron chi connectivity index (χ4n) is 5.09. The smallest absolute Gasteiger partial charge is 0.307 e. The highest BCUT2D eigenvalue weighted by molar-refractivity contribution is 5.79. The van der Waals surface area contributed by atoms with Crippen LogP contribution in [0.1, 0.15) is 54.2 Å². The molecule has 2 atom stereocenters. The van der Waals surface area contributed by atoms with E-state index in [1.807, 2.05) is 37.5 Å². The molecule has 2 aromatic carbocycles. The Balaban J connectivity index is 1.55. The summed E-state index contributed by atoms with van der Waals surface area (Å²) in [5, 5.41) is 14.3. The van der Waals surface area contributed by atoms with Gasteiger partial charge in [0.2, 0.25) is 0 Å². The third-order valence-electron chi connectivity index (χ3n) is 6.74. The molecular formula is C27H30N4O3. The van der Waals surface area contributed by atoms with Gasteiger partial charge in [-0.15, -0.1) is 0 Å². The predicted octanol–water partition coefficient (Wildman–Crippen LogP) is 5.06. The van der Waals surface area contributed by atoms with Gasteiger partial charge in [-0.3, -0.25) is 9.48 Å². The van der Waals surface area contributed by atoms with E-state index in [4.69, 9.17) is 9.72 Å². The molecule has 1 fully saturated rings. The van der Waals surface area contributed by atoms with Crippen LogP contribution in [0.15, 0.2) is 54.7 Å². The predicted molar refractivity (Wildman–Crippen MR) is 130 cm³/mol. The third-order valence-corrected chi connectivity index (χ3v) is 6.74. The summed E-state index contributed by atoms with van der Waals surface area (Å²) in [6.45, 7) is 3.11. The van der Waals surface area contributed by atoms with Crippen molar-refractivity contribution >= 4 is 17.0 Å². The molecule has 0 saturated heterocycles. The summed E-state index contributed by atoms with van der Waals surface area (Å²) in [4.78, 5) is 17.1. The highest BCUT2D eigenvalue weighted by Gasteiger charge is 2.35. The molecule has 176 valence electrons. The van der Waals surface area contributed by atoms with Crippen molar-refractivity contribution in [2.75, 3.05) is 0 Å². The molecule has 2 unspecified atom stereocenters. The maximum atomic E-state index is 12.1. The topological polar surface area (TPSA) is 82.2 Å². The van der Waals surface area contributed by atoms with Crippen molar-refractivity contribution in [2.45, 2.75) is 51.7 Å². The standard InChI is InChI=1S/C27H30N4O3/c1-18-6-5-7-19(14-18)16-31-25-15-21(34-17-20-12-13-30(2)29-20)10-11-24(25)28-26(31)22-8-3-4-9-23(22)27(32)33/h5-7,10-15,22-23H,3-4,8-9,16-17H2,1-2H3,(H,32,33). The van der Waals surface area contributed by atoms with Crippen LogP contribution in [0.4, 0.5) is 0 Å². The molecule has 2 aromatic heterocycles. The lowest BCUT2D eigenvalue weighted by Gasteiger charge is -2.28. The van der Waals surface area contributed by atoms with Gasteiger partial charge in [0.25, 0.3) is 0 Å². The molecule has 7 heteroatoms. The van der Waals surface area contributed by atoms with Gasteiger partial charge in [-0.25, -0.2) is 4.98 Å². The normalized spacial score (nSPS) is 18.3. The van der Waals surface area contributed by atoms with Crippen molar-refractivity contribution in [3.05, 3.63) is 77.4 Å². The number of rotatable bonds is 7. The number of carboxylic acids is 1. The van der Waals surface area contributed by atoms with Gasteiger partial charge in [-0.2, -0.15) is 5.10 Å². The molecule has 0 radical (unpaired) electrons. The molecular weight excluding hydrogens is 428 g/mol. The summed E-state index contributed by atoms with van der Waals surface area (Å²) < 4.78 is 10.00. The molecule has 1 saturated carbocycles. The van der Waals surface area contributed by atoms with Gasteiger partial charge in [0.1, 0.15) is 18.2 Å². The van der Waals surface area contributed by atoms with Crippen molar-refractivity contribution < 1.29 is 14.6 Å². The number of imidazole rings is 1. The minimum Gasteiger partial charge on any atom is -0.487 e. The number of aliphatic carboxylic acids is 1. The molecule has 1 N–H and O–H groups in total. The molecule has 2 heterocycles. The lowest BCUT2D eigenvalue weighted by molar-refractivity contribution is -0.143. The van der Waals surface area contributed by atoms with Crippen LogP contribution < -0.4 is 4.74 Å². The number of nitrogens with zero attached hydrogens (tertiary/aromatic N) is 4. The zero-order valence-corrected chi connectivity index (χ0v) is 19.6. The summed E-state index contributed by atoms with van der Waals surface area (Å²) in [5.41, 5.74) is 5.06. The van der Waals surface area contributed by atoms with Crippen LogP contribution >= 0.6 is 0 Å². The molecule has 34 heavy (non-hydrogen) atoms. The summed E-state index contributed by atoms with van der Waals surface area (Å²) in [6.07, 6.45) is 5.43. The maximum Gasteiger partial charge on any atom is 0.307 e. The van der Waals surface area contributed by atoms with Gasteiger partial charge in [-0.1, -0.05) is 42.7 Å². The highest BCUT2D eigenvalue weighted by Crippen LogP contribution is 2.39. The van der Waals surface area contributed by atoms with E-state index in [1.54, 1.807) is 4.68 Å². The number of ether oxygens (including phenoxy) is 1. The number of carbonyl (C=O) groups is 1. The molecule has 7 nitrogen and oxygen atoms in total. The van der Waals surface area contributed by atoms with E-state index in [0.717, 1.165) is 47.6 Å². The van der Waals surface area contributed by atoms with Crippen LogP contribution in [-0.2, 0) is 25.0 Å². The molecule has 0 aliphatic heterocycles. The first-order valence-electron chi connectivity index (χ1n) is 11.9. The Morgan fingerprint density at radius 1 is 1.15 bits per heavy atom. The van der Waals surface area contributed by atoms with E-state index in [2.05, 4.69) is 40.9 Å². The number of aryl methyl sites for hydroxylation is 2. The Labute approximate surface area is 199 Å². The summed E-state index contributed by atoms with van der Waals surface area (Å²) in [7, 11) is 1.89. The lowest BCUT2D eigenvalue weighted by atomic mass is 9.78. The number of hydrogen-bond donors (Lipinski definition) is 1. The number of hydrogen-bond acceptors (Lipinski definition) is 4. The summed E-state index contributed by atoms with van der Waals surface area (Å²) in [5.74, 6) is 0.389. The Bertz CT molecular complexity index is 1320. The van der Waals surface area contributed by atoms with Gasteiger partial charge in [0, 0.05) is 31.8 Å². The summed E-state index contributed by atoms with van der Waals surface area (Å²) in [6, 6.07) is 16.3. The molecule has 0 spiro atoms. The minimum atomic E-state index is -0.724. The van der Waals surface area contributed by atoms with Crippen molar-refractivity contribution in [2.24, 2.45) is 13.0 Å². The van der Waals surface area contributed by atoms with E-state index < -0.39 is 11.9 Å². The average molecular weight is 459 g/mol. The van der Waals surface area contributed by atoms with E-state index >= 15 is 0 Å². The van der Waals surface area contributed by atoms with Gasteiger partial charge < -0.3 is 14.4 Å². The summed E-state index contributed by atoms with van der Waals surface area (Å²) >= 11 is 0. The first-order valence-corrected chi connectivity index (χ1v) is 11.9. The maximum absolute atomic E-state index is 12.1. The van der Waals surface area contributed by atoms with Crippen molar-refractivity contribution in [1.82, 2.24) is 19.3 Å². The second-order valence-corrected chi connectivity index (χ2v) is 9.30. The van der Waals surface area contributed by atoms with Crippen LogP contribution in [-0.4, -0.2) is 30.4 Å². The zero-order valence-electron chi connectivity index (χ0n) is 19.6. The second-order valence-electron chi connectivity index (χ2n) is 9.30. The first kappa shape index (κ1) is 22.2. The number of fused-ring (bicyclic) bond motifs is 1. The molecule has 5 rings (SSSR count). The van der Waals surface area contributed by atoms with E-state index in [-0.39, 0.29) is 5.92 Å². The van der Waals surface area contributed by atoms with Crippen LogP contribution in [0.5, 0.6) is 5.75 Å². The quantitative estimate of drug-likeness (QED) is 0.418. The van der Waals surface area contributed by atoms with E-state index in [0.29, 0.717) is 19.6 Å². The number of carboxylic acid groups (broad SMARTS) is 1. The van der Waals surface area contributed by atoms with Gasteiger partial charge >= 0.3 is 5.97 Å². The molecule has 1 aliphatic rings. The Morgan fingerprint density at radius 2 is 2.00 bits per heavy atom. The van der Waals surface area contributed by atoms with E-state index in [1.165, 1.54) is 11.1 Å². The fraction of sp³-hybridized carbons (Fsp3) is 0.370. The van der Waals surface area contributed by atoms with E-state index in [9.17, 15) is 9.90 Å². The number of benzene rings is 2. The van der Waals surface area contributed by atoms with Gasteiger partial charge in [-0.05, 0) is 43.5 Å². The van der Waals surface area contributed by atoms with Gasteiger partial charge in [0.15, 0.2) is 0 Å². The van der Waals surface area contributed by atoms with Crippen molar-refractivity contribution in [3.63, 3.8) is 0 Å². The van der Waals surface area contributed by atoms with Crippen molar-refractivity contribution in [1.29, 1.82) is 0 Å². The average Bonchev–Trinajstić information content (AvgIpc) is 3.40. The SMILES string of the molecule is Cc1cccc(Cn2c(C3CCCCC3C(=O)O)nc3ccc(OCc4ccn(C)n4)cc32)c1. The van der Waals surface area contributed by atoms with Crippen molar-refractivity contribution in [3.8, 4) is 5.75 Å². The van der Waals surface area contributed by atoms with Crippen LogP contribution in [0, 0.1) is 12.8 Å². The zero-order chi connectivity index (χ0) is 23.7. The molecule has 4 aromatic rings. The third kappa shape index (κ3) is 4.55.